The second-order valence-corrected chi connectivity index (χ2v) is 3.23. The molecule has 0 saturated heterocycles. The molecule has 0 aliphatic carbocycles. The number of nitrogens with zero attached hydrogens (tertiary/aromatic N) is 3. The molecule has 0 saturated carbocycles. The molecule has 0 N–H and O–H groups in total. The molecule has 0 bridgehead atoms. The van der Waals surface area contributed by atoms with Crippen molar-refractivity contribution in [3.63, 3.8) is 0 Å². The third kappa shape index (κ3) is 0.797. The molecule has 68 valence electrons. The van der Waals surface area contributed by atoms with Gasteiger partial charge in [-0.3, -0.25) is 9.36 Å². The maximum Gasteiger partial charge on any atom is 0.201 e. The molecule has 0 atom stereocenters. The average molecular weight is 185 g/mol. The van der Waals surface area contributed by atoms with E-state index in [1.165, 1.54) is 5.56 Å². The molecule has 1 aromatic heterocycles. The van der Waals surface area contributed by atoms with Gasteiger partial charge in [-0.1, -0.05) is 18.2 Å². The Morgan fingerprint density at radius 1 is 1.29 bits per heavy atom. The molecule has 0 amide bonds. The van der Waals surface area contributed by atoms with E-state index in [9.17, 15) is 4.79 Å². The molecular weight excluding hydrogens is 178 g/mol. The Hall–Kier alpha value is -1.97. The highest BCUT2D eigenvalue weighted by Crippen LogP contribution is 2.26. The molecule has 1 aliphatic heterocycles. The number of rotatable bonds is 1. The van der Waals surface area contributed by atoms with E-state index >= 15 is 0 Å². The van der Waals surface area contributed by atoms with Crippen LogP contribution in [0.15, 0.2) is 24.3 Å². The normalized spacial score (nSPS) is 12.3. The fourth-order valence-electron chi connectivity index (χ4n) is 1.83. The molecule has 1 aromatic carbocycles. The summed E-state index contributed by atoms with van der Waals surface area (Å²) in [5, 5.41) is 7.76. The van der Waals surface area contributed by atoms with Crippen molar-refractivity contribution in [1.29, 1.82) is 0 Å². The fourth-order valence-corrected chi connectivity index (χ4v) is 1.83. The third-order valence-electron chi connectivity index (χ3n) is 2.44. The summed E-state index contributed by atoms with van der Waals surface area (Å²) >= 11 is 0. The number of carbonyl (C=O) groups is 1. The van der Waals surface area contributed by atoms with E-state index in [1.807, 2.05) is 28.8 Å². The van der Waals surface area contributed by atoms with Crippen molar-refractivity contribution in [2.75, 3.05) is 0 Å². The fraction of sp³-hybridized carbons (Fsp3) is 0.100. The Labute approximate surface area is 80.2 Å². The lowest BCUT2D eigenvalue weighted by molar-refractivity contribution is 0.111. The molecule has 2 aromatic rings. The van der Waals surface area contributed by atoms with E-state index in [4.69, 9.17) is 0 Å². The van der Waals surface area contributed by atoms with Gasteiger partial charge in [0.05, 0.1) is 5.69 Å². The zero-order valence-corrected chi connectivity index (χ0v) is 7.34. The van der Waals surface area contributed by atoms with Gasteiger partial charge in [0.15, 0.2) is 6.29 Å². The molecule has 0 spiro atoms. The lowest BCUT2D eigenvalue weighted by atomic mass is 10.1. The minimum atomic E-state index is 0.380. The van der Waals surface area contributed by atoms with Gasteiger partial charge in [-0.2, -0.15) is 0 Å². The number of para-hydroxylation sites is 1. The number of hydrogen-bond acceptors (Lipinski definition) is 3. The maximum absolute atomic E-state index is 10.7. The van der Waals surface area contributed by atoms with Crippen LogP contribution in [0, 0.1) is 0 Å². The first kappa shape index (κ1) is 7.44. The summed E-state index contributed by atoms with van der Waals surface area (Å²) < 4.78 is 1.81. The van der Waals surface area contributed by atoms with Crippen LogP contribution in [-0.2, 0) is 6.42 Å². The maximum atomic E-state index is 10.7. The summed E-state index contributed by atoms with van der Waals surface area (Å²) in [4.78, 5) is 10.7. The summed E-state index contributed by atoms with van der Waals surface area (Å²) in [5.41, 5.74) is 2.22. The number of hydrogen-bond donors (Lipinski definition) is 0. The summed E-state index contributed by atoms with van der Waals surface area (Å²) in [7, 11) is 0. The van der Waals surface area contributed by atoms with Crippen LogP contribution in [0.4, 0.5) is 0 Å². The smallest absolute Gasteiger partial charge is 0.201 e. The van der Waals surface area contributed by atoms with Gasteiger partial charge in [0.1, 0.15) is 5.82 Å². The Kier molecular flexibility index (Phi) is 1.33. The third-order valence-corrected chi connectivity index (χ3v) is 2.44. The van der Waals surface area contributed by atoms with Crippen molar-refractivity contribution in [3.05, 3.63) is 41.5 Å². The molecule has 1 aliphatic rings. The quantitative estimate of drug-likeness (QED) is 0.531. The molecule has 0 radical (unpaired) electrons. The van der Waals surface area contributed by atoms with Crippen LogP contribution < -0.4 is 0 Å². The molecule has 3 rings (SSSR count). The second kappa shape index (κ2) is 2.51. The first-order valence-electron chi connectivity index (χ1n) is 4.38. The van der Waals surface area contributed by atoms with Crippen LogP contribution in [0.1, 0.15) is 22.0 Å². The highest BCUT2D eigenvalue weighted by atomic mass is 16.1. The van der Waals surface area contributed by atoms with E-state index in [0.29, 0.717) is 5.82 Å². The standard InChI is InChI=1S/C10H7N3O/c14-6-10-12-11-9-5-7-3-1-2-4-8(7)13(9)10/h1-4,6H,5H2. The molecule has 4 nitrogen and oxygen atoms in total. The highest BCUT2D eigenvalue weighted by Gasteiger charge is 2.22. The van der Waals surface area contributed by atoms with Gasteiger partial charge < -0.3 is 0 Å². The summed E-state index contributed by atoms with van der Waals surface area (Å²) in [6, 6.07) is 7.95. The predicted octanol–water partition coefficient (Wildman–Crippen LogP) is 0.984. The minimum absolute atomic E-state index is 0.380. The lowest BCUT2D eigenvalue weighted by Crippen LogP contribution is -1.98. The Balaban J connectivity index is 2.32. The minimum Gasteiger partial charge on any atom is -0.294 e. The van der Waals surface area contributed by atoms with E-state index < -0.39 is 0 Å². The van der Waals surface area contributed by atoms with Gasteiger partial charge >= 0.3 is 0 Å². The Morgan fingerprint density at radius 3 is 3.00 bits per heavy atom. The Morgan fingerprint density at radius 2 is 2.14 bits per heavy atom. The molecule has 0 unspecified atom stereocenters. The van der Waals surface area contributed by atoms with Crippen LogP contribution in [0.3, 0.4) is 0 Å². The average Bonchev–Trinajstić information content (AvgIpc) is 2.75. The van der Waals surface area contributed by atoms with Crippen molar-refractivity contribution in [1.82, 2.24) is 14.8 Å². The number of fused-ring (bicyclic) bond motifs is 3. The van der Waals surface area contributed by atoms with Gasteiger partial charge in [-0.05, 0) is 11.6 Å². The second-order valence-electron chi connectivity index (χ2n) is 3.23. The van der Waals surface area contributed by atoms with Crippen molar-refractivity contribution >= 4 is 6.29 Å². The van der Waals surface area contributed by atoms with Crippen LogP contribution >= 0.6 is 0 Å². The van der Waals surface area contributed by atoms with Gasteiger partial charge in [-0.15, -0.1) is 10.2 Å². The molecular formula is C10H7N3O. The lowest BCUT2D eigenvalue weighted by Gasteiger charge is -2.00. The number of aldehydes is 1. The molecule has 2 heterocycles. The summed E-state index contributed by atoms with van der Waals surface area (Å²) in [6.45, 7) is 0. The van der Waals surface area contributed by atoms with Crippen LogP contribution in [0.25, 0.3) is 5.69 Å². The number of aromatic nitrogens is 3. The van der Waals surface area contributed by atoms with Crippen molar-refractivity contribution < 1.29 is 4.79 Å². The van der Waals surface area contributed by atoms with E-state index in [-0.39, 0.29) is 0 Å². The van der Waals surface area contributed by atoms with Crippen molar-refractivity contribution in [2.24, 2.45) is 0 Å². The topological polar surface area (TPSA) is 47.8 Å². The first-order chi connectivity index (χ1) is 6.90. The summed E-state index contributed by atoms with van der Waals surface area (Å²) in [5.74, 6) is 1.22. The van der Waals surface area contributed by atoms with Gasteiger partial charge in [-0.25, -0.2) is 0 Å². The zero-order valence-electron chi connectivity index (χ0n) is 7.34. The van der Waals surface area contributed by atoms with Crippen LogP contribution in [0.5, 0.6) is 0 Å². The van der Waals surface area contributed by atoms with Gasteiger partial charge in [0.2, 0.25) is 5.82 Å². The van der Waals surface area contributed by atoms with Crippen molar-refractivity contribution in [3.8, 4) is 5.69 Å². The van der Waals surface area contributed by atoms with E-state index in [0.717, 1.165) is 24.2 Å². The van der Waals surface area contributed by atoms with Crippen LogP contribution in [0.2, 0.25) is 0 Å². The van der Waals surface area contributed by atoms with E-state index in [1.54, 1.807) is 0 Å². The van der Waals surface area contributed by atoms with E-state index in [2.05, 4.69) is 10.2 Å². The number of carbonyl (C=O) groups excluding carboxylic acids is 1. The van der Waals surface area contributed by atoms with Gasteiger partial charge in [0.25, 0.3) is 0 Å². The van der Waals surface area contributed by atoms with Crippen LogP contribution in [-0.4, -0.2) is 21.1 Å². The zero-order chi connectivity index (χ0) is 9.54. The molecule has 0 fully saturated rings. The largest absolute Gasteiger partial charge is 0.294 e. The summed E-state index contributed by atoms with van der Waals surface area (Å²) in [6.07, 6.45) is 1.50. The SMILES string of the molecule is O=Cc1nnc2n1-c1ccccc1C2. The highest BCUT2D eigenvalue weighted by molar-refractivity contribution is 5.71. The number of benzene rings is 1. The molecule has 14 heavy (non-hydrogen) atoms. The first-order valence-corrected chi connectivity index (χ1v) is 4.38. The van der Waals surface area contributed by atoms with Crippen molar-refractivity contribution in [2.45, 2.75) is 6.42 Å². The molecule has 4 heteroatoms. The Bertz CT molecular complexity index is 516. The predicted molar refractivity (Wildman–Crippen MR) is 49.6 cm³/mol. The monoisotopic (exact) mass is 185 g/mol. The van der Waals surface area contributed by atoms with Gasteiger partial charge in [0, 0.05) is 6.42 Å².